The summed E-state index contributed by atoms with van der Waals surface area (Å²) in [5.74, 6) is 0.740. The highest BCUT2D eigenvalue weighted by Gasteiger charge is 2.32. The van der Waals surface area contributed by atoms with Gasteiger partial charge >= 0.3 is 0 Å². The molecule has 0 saturated heterocycles. The van der Waals surface area contributed by atoms with Crippen LogP contribution in [0.3, 0.4) is 0 Å². The number of carbonyl (C=O) groups excluding carboxylic acids is 1. The van der Waals surface area contributed by atoms with Gasteiger partial charge in [-0.3, -0.25) is 4.79 Å². The van der Waals surface area contributed by atoms with Crippen LogP contribution in [0.4, 0.5) is 0 Å². The van der Waals surface area contributed by atoms with Crippen LogP contribution in [0.2, 0.25) is 0 Å². The van der Waals surface area contributed by atoms with Crippen molar-refractivity contribution in [2.24, 2.45) is 5.92 Å². The Morgan fingerprint density at radius 3 is 2.91 bits per heavy atom. The Morgan fingerprint density at radius 1 is 1.55 bits per heavy atom. The van der Waals surface area contributed by atoms with Crippen LogP contribution >= 0.6 is 0 Å². The van der Waals surface area contributed by atoms with Gasteiger partial charge in [0, 0.05) is 19.0 Å². The fraction of sp³-hybridized carbons (Fsp3) is 0.667. The van der Waals surface area contributed by atoms with E-state index in [-0.39, 0.29) is 0 Å². The summed E-state index contributed by atoms with van der Waals surface area (Å²) < 4.78 is 0. The molecular formula is C9H12NO. The largest absolute Gasteiger partial charge is 0.338 e. The molecule has 0 aromatic heterocycles. The fourth-order valence-electron chi connectivity index (χ4n) is 1.36. The average molecular weight is 150 g/mol. The van der Waals surface area contributed by atoms with E-state index in [9.17, 15) is 4.79 Å². The summed E-state index contributed by atoms with van der Waals surface area (Å²) in [6.07, 6.45) is 8.21. The highest BCUT2D eigenvalue weighted by Crippen LogP contribution is 2.31. The minimum atomic E-state index is 0.364. The Hall–Kier alpha value is -0.790. The van der Waals surface area contributed by atoms with Gasteiger partial charge in [0.1, 0.15) is 0 Å². The van der Waals surface area contributed by atoms with Gasteiger partial charge in [0.15, 0.2) is 0 Å². The molecule has 1 aliphatic carbocycles. The van der Waals surface area contributed by atoms with Crippen LogP contribution in [0.25, 0.3) is 0 Å². The minimum absolute atomic E-state index is 0.364. The third-order valence-electron chi connectivity index (χ3n) is 2.22. The number of amides is 1. The molecule has 0 unspecified atom stereocenters. The molecule has 2 rings (SSSR count). The molecule has 2 aliphatic rings. The van der Waals surface area contributed by atoms with Gasteiger partial charge in [-0.2, -0.15) is 0 Å². The van der Waals surface area contributed by atoms with Gasteiger partial charge in [0.25, 0.3) is 0 Å². The molecule has 0 atom stereocenters. The molecule has 59 valence electrons. The summed E-state index contributed by atoms with van der Waals surface area (Å²) in [6.45, 7) is 1.67. The molecule has 1 heterocycles. The van der Waals surface area contributed by atoms with Crippen LogP contribution in [0.15, 0.2) is 6.08 Å². The van der Waals surface area contributed by atoms with E-state index in [1.54, 1.807) is 0 Å². The number of carbonyl (C=O) groups is 1. The summed E-state index contributed by atoms with van der Waals surface area (Å²) in [7, 11) is 0. The molecule has 1 saturated carbocycles. The van der Waals surface area contributed by atoms with Crippen molar-refractivity contribution in [2.75, 3.05) is 13.1 Å². The van der Waals surface area contributed by atoms with Gasteiger partial charge in [0.2, 0.25) is 5.91 Å². The summed E-state index contributed by atoms with van der Waals surface area (Å²) >= 11 is 0. The van der Waals surface area contributed by atoms with Crippen molar-refractivity contribution >= 4 is 5.91 Å². The SMILES string of the molecule is O=C(C1CC1)N1CC=[C]CC1. The molecule has 2 heteroatoms. The topological polar surface area (TPSA) is 20.3 Å². The number of hydrogen-bond acceptors (Lipinski definition) is 1. The van der Waals surface area contributed by atoms with Crippen molar-refractivity contribution in [3.05, 3.63) is 12.2 Å². The predicted octanol–water partition coefficient (Wildman–Crippen LogP) is 0.988. The highest BCUT2D eigenvalue weighted by atomic mass is 16.2. The summed E-state index contributed by atoms with van der Waals surface area (Å²) in [5.41, 5.74) is 0. The summed E-state index contributed by atoms with van der Waals surface area (Å²) in [4.78, 5) is 13.4. The van der Waals surface area contributed by atoms with Crippen LogP contribution < -0.4 is 0 Å². The molecule has 0 aromatic rings. The molecule has 1 fully saturated rings. The van der Waals surface area contributed by atoms with Crippen molar-refractivity contribution in [3.8, 4) is 0 Å². The lowest BCUT2D eigenvalue weighted by Crippen LogP contribution is -2.34. The Balaban J connectivity index is 1.92. The van der Waals surface area contributed by atoms with Crippen LogP contribution in [0.5, 0.6) is 0 Å². The first-order chi connectivity index (χ1) is 5.38. The maximum Gasteiger partial charge on any atom is 0.225 e. The molecule has 0 spiro atoms. The van der Waals surface area contributed by atoms with E-state index in [2.05, 4.69) is 6.08 Å². The van der Waals surface area contributed by atoms with Crippen LogP contribution in [-0.4, -0.2) is 23.9 Å². The van der Waals surface area contributed by atoms with Gasteiger partial charge in [-0.15, -0.1) is 0 Å². The Morgan fingerprint density at radius 2 is 2.36 bits per heavy atom. The third-order valence-corrected chi connectivity index (χ3v) is 2.22. The van der Waals surface area contributed by atoms with Gasteiger partial charge in [0.05, 0.1) is 0 Å². The molecule has 0 aromatic carbocycles. The normalized spacial score (nSPS) is 23.8. The molecule has 1 amide bonds. The molecule has 1 aliphatic heterocycles. The van der Waals surface area contributed by atoms with Crippen molar-refractivity contribution in [1.82, 2.24) is 4.90 Å². The van der Waals surface area contributed by atoms with Crippen molar-refractivity contribution in [3.63, 3.8) is 0 Å². The zero-order chi connectivity index (χ0) is 7.68. The van der Waals surface area contributed by atoms with Crippen LogP contribution in [-0.2, 0) is 4.79 Å². The lowest BCUT2D eigenvalue weighted by Gasteiger charge is -2.22. The van der Waals surface area contributed by atoms with Gasteiger partial charge in [-0.05, 0) is 25.3 Å². The van der Waals surface area contributed by atoms with E-state index >= 15 is 0 Å². The molecule has 2 nitrogen and oxygen atoms in total. The average Bonchev–Trinajstić information content (AvgIpc) is 2.87. The number of rotatable bonds is 1. The van der Waals surface area contributed by atoms with Gasteiger partial charge in [-0.1, -0.05) is 6.08 Å². The van der Waals surface area contributed by atoms with E-state index in [1.165, 1.54) is 0 Å². The summed E-state index contributed by atoms with van der Waals surface area (Å²) in [6, 6.07) is 0. The molecule has 1 radical (unpaired) electrons. The van der Waals surface area contributed by atoms with Crippen molar-refractivity contribution in [2.45, 2.75) is 19.3 Å². The quantitative estimate of drug-likeness (QED) is 0.546. The van der Waals surface area contributed by atoms with Gasteiger partial charge in [-0.25, -0.2) is 0 Å². The van der Waals surface area contributed by atoms with Crippen LogP contribution in [0.1, 0.15) is 19.3 Å². The second-order valence-electron chi connectivity index (χ2n) is 3.22. The predicted molar refractivity (Wildman–Crippen MR) is 41.7 cm³/mol. The van der Waals surface area contributed by atoms with Crippen LogP contribution in [0, 0.1) is 12.0 Å². The van der Waals surface area contributed by atoms with E-state index in [0.29, 0.717) is 11.8 Å². The van der Waals surface area contributed by atoms with E-state index in [0.717, 1.165) is 32.4 Å². The minimum Gasteiger partial charge on any atom is -0.338 e. The Labute approximate surface area is 66.9 Å². The lowest BCUT2D eigenvalue weighted by molar-refractivity contribution is -0.132. The Bertz CT molecular complexity index is 194. The third kappa shape index (κ3) is 1.44. The second kappa shape index (κ2) is 2.68. The number of nitrogens with zero attached hydrogens (tertiary/aromatic N) is 1. The fourth-order valence-corrected chi connectivity index (χ4v) is 1.36. The molecule has 0 N–H and O–H groups in total. The highest BCUT2D eigenvalue weighted by molar-refractivity contribution is 5.81. The monoisotopic (exact) mass is 150 g/mol. The summed E-state index contributed by atoms with van der Waals surface area (Å²) in [5, 5.41) is 0. The smallest absolute Gasteiger partial charge is 0.225 e. The molecular weight excluding hydrogens is 138 g/mol. The first-order valence-corrected chi connectivity index (χ1v) is 4.22. The zero-order valence-electron chi connectivity index (χ0n) is 6.55. The molecule has 11 heavy (non-hydrogen) atoms. The number of hydrogen-bond donors (Lipinski definition) is 0. The first-order valence-electron chi connectivity index (χ1n) is 4.22. The lowest BCUT2D eigenvalue weighted by atomic mass is 10.2. The van der Waals surface area contributed by atoms with E-state index in [4.69, 9.17) is 0 Å². The first kappa shape index (κ1) is 6.89. The maximum absolute atomic E-state index is 11.4. The second-order valence-corrected chi connectivity index (χ2v) is 3.22. The van der Waals surface area contributed by atoms with E-state index in [1.807, 2.05) is 11.0 Å². The van der Waals surface area contributed by atoms with Crippen molar-refractivity contribution < 1.29 is 4.79 Å². The zero-order valence-corrected chi connectivity index (χ0v) is 6.55. The maximum atomic E-state index is 11.4. The van der Waals surface area contributed by atoms with Crippen molar-refractivity contribution in [1.29, 1.82) is 0 Å². The standard InChI is InChI=1S/C9H12NO/c11-9(8-4-5-8)10-6-2-1-3-7-10/h2,8H,3-7H2. The molecule has 0 bridgehead atoms. The van der Waals surface area contributed by atoms with Gasteiger partial charge < -0.3 is 4.90 Å². The Kier molecular flexibility index (Phi) is 1.68. The van der Waals surface area contributed by atoms with E-state index < -0.39 is 0 Å².